The maximum atomic E-state index is 11.9. The number of hydrogen-bond donors (Lipinski definition) is 1. The second-order valence-corrected chi connectivity index (χ2v) is 5.87. The van der Waals surface area contributed by atoms with Gasteiger partial charge in [-0.1, -0.05) is 22.9 Å². The highest BCUT2D eigenvalue weighted by molar-refractivity contribution is 7.16. The number of aromatic nitrogens is 1. The van der Waals surface area contributed by atoms with Gasteiger partial charge in [0.25, 0.3) is 0 Å². The van der Waals surface area contributed by atoms with Crippen LogP contribution in [0.15, 0.2) is 23.0 Å². The number of hydrogen-bond acceptors (Lipinski definition) is 2. The highest BCUT2D eigenvalue weighted by atomic mass is 35.5. The lowest BCUT2D eigenvalue weighted by atomic mass is 10.3. The average Bonchev–Trinajstić information content (AvgIpc) is 2.55. The van der Waals surface area contributed by atoms with Crippen molar-refractivity contribution < 1.29 is 4.90 Å². The van der Waals surface area contributed by atoms with Crippen molar-refractivity contribution in [2.45, 2.75) is 13.0 Å². The van der Waals surface area contributed by atoms with Crippen LogP contribution in [0.4, 0.5) is 0 Å². The van der Waals surface area contributed by atoms with Gasteiger partial charge in [-0.2, -0.15) is 0 Å². The van der Waals surface area contributed by atoms with E-state index in [9.17, 15) is 4.79 Å². The summed E-state index contributed by atoms with van der Waals surface area (Å²) in [5.74, 6) is 0. The molecule has 1 heterocycles. The van der Waals surface area contributed by atoms with Gasteiger partial charge in [0.15, 0.2) is 0 Å². The Kier molecular flexibility index (Phi) is 3.86. The molecule has 0 aliphatic rings. The summed E-state index contributed by atoms with van der Waals surface area (Å²) in [7, 11) is 4.23. The fourth-order valence-electron chi connectivity index (χ4n) is 1.84. The Morgan fingerprint density at radius 1 is 1.41 bits per heavy atom. The van der Waals surface area contributed by atoms with Crippen LogP contribution in [0.1, 0.15) is 6.42 Å². The maximum Gasteiger partial charge on any atom is 0.308 e. The molecular formula is C12H16ClN2OS+. The summed E-state index contributed by atoms with van der Waals surface area (Å²) in [5.41, 5.74) is 0.959. The van der Waals surface area contributed by atoms with Gasteiger partial charge in [0, 0.05) is 18.0 Å². The fraction of sp³-hybridized carbons (Fsp3) is 0.417. The quantitative estimate of drug-likeness (QED) is 0.890. The van der Waals surface area contributed by atoms with Crippen molar-refractivity contribution in [1.82, 2.24) is 4.57 Å². The van der Waals surface area contributed by atoms with Gasteiger partial charge in [-0.3, -0.25) is 9.36 Å². The Labute approximate surface area is 109 Å². The fourth-order valence-corrected chi connectivity index (χ4v) is 2.90. The van der Waals surface area contributed by atoms with Gasteiger partial charge in [-0.05, 0) is 18.2 Å². The van der Waals surface area contributed by atoms with Crippen molar-refractivity contribution >= 4 is 33.2 Å². The summed E-state index contributed by atoms with van der Waals surface area (Å²) in [5, 5.41) is 0.683. The largest absolute Gasteiger partial charge is 0.340 e. The predicted octanol–water partition coefficient (Wildman–Crippen LogP) is 1.25. The van der Waals surface area contributed by atoms with E-state index in [1.807, 2.05) is 22.8 Å². The lowest BCUT2D eigenvalue weighted by molar-refractivity contribution is -0.858. The summed E-state index contributed by atoms with van der Waals surface area (Å²) >= 11 is 7.26. The Bertz CT molecular complexity index is 573. The molecule has 2 rings (SSSR count). The van der Waals surface area contributed by atoms with Gasteiger partial charge in [0.2, 0.25) is 0 Å². The molecule has 0 saturated carbocycles. The topological polar surface area (TPSA) is 26.4 Å². The van der Waals surface area contributed by atoms with Crippen LogP contribution in [0.5, 0.6) is 0 Å². The van der Waals surface area contributed by atoms with Gasteiger partial charge < -0.3 is 4.90 Å². The van der Waals surface area contributed by atoms with Crippen molar-refractivity contribution in [3.05, 3.63) is 32.9 Å². The number of thiazole rings is 1. The molecule has 0 aliphatic heterocycles. The number of benzene rings is 1. The van der Waals surface area contributed by atoms with Gasteiger partial charge in [-0.25, -0.2) is 0 Å². The maximum absolute atomic E-state index is 11.9. The van der Waals surface area contributed by atoms with Crippen LogP contribution in [0.2, 0.25) is 5.02 Å². The molecule has 0 atom stereocenters. The highest BCUT2D eigenvalue weighted by Crippen LogP contribution is 2.21. The second-order valence-electron chi connectivity index (χ2n) is 4.44. The molecule has 1 aromatic carbocycles. The van der Waals surface area contributed by atoms with Crippen LogP contribution >= 0.6 is 22.9 Å². The molecular weight excluding hydrogens is 256 g/mol. The van der Waals surface area contributed by atoms with Crippen LogP contribution in [0, 0.1) is 0 Å². The summed E-state index contributed by atoms with van der Waals surface area (Å²) in [6.45, 7) is 1.83. The number of fused-ring (bicyclic) bond motifs is 1. The molecule has 1 aromatic heterocycles. The Balaban J connectivity index is 2.29. The first kappa shape index (κ1) is 12.6. The van der Waals surface area contributed by atoms with Crippen molar-refractivity contribution in [2.75, 3.05) is 20.6 Å². The first-order valence-electron chi connectivity index (χ1n) is 5.66. The van der Waals surface area contributed by atoms with E-state index in [1.165, 1.54) is 16.2 Å². The molecule has 0 amide bonds. The minimum Gasteiger partial charge on any atom is -0.340 e. The van der Waals surface area contributed by atoms with Crippen LogP contribution < -0.4 is 9.77 Å². The first-order valence-corrected chi connectivity index (χ1v) is 6.85. The molecule has 92 valence electrons. The summed E-state index contributed by atoms with van der Waals surface area (Å²) in [4.78, 5) is 13.4. The van der Waals surface area contributed by atoms with Crippen molar-refractivity contribution in [3.63, 3.8) is 0 Å². The molecule has 0 spiro atoms. The van der Waals surface area contributed by atoms with E-state index in [2.05, 4.69) is 14.1 Å². The first-order chi connectivity index (χ1) is 8.08. The molecule has 0 saturated heterocycles. The molecule has 2 aromatic rings. The zero-order valence-corrected chi connectivity index (χ0v) is 11.6. The van der Waals surface area contributed by atoms with E-state index in [0.29, 0.717) is 5.02 Å². The Hall–Kier alpha value is -0.840. The van der Waals surface area contributed by atoms with E-state index in [0.717, 1.165) is 29.7 Å². The molecule has 3 nitrogen and oxygen atoms in total. The molecule has 0 radical (unpaired) electrons. The third-order valence-corrected chi connectivity index (χ3v) is 3.88. The SMILES string of the molecule is C[NH+](C)CCCn1c(=O)sc2ccc(Cl)cc21. The number of nitrogens with one attached hydrogen (secondary N) is 1. The smallest absolute Gasteiger partial charge is 0.308 e. The second kappa shape index (κ2) is 5.21. The van der Waals surface area contributed by atoms with Crippen molar-refractivity contribution in [2.24, 2.45) is 0 Å². The van der Waals surface area contributed by atoms with E-state index >= 15 is 0 Å². The normalized spacial score (nSPS) is 11.5. The third-order valence-electron chi connectivity index (χ3n) is 2.69. The monoisotopic (exact) mass is 271 g/mol. The third kappa shape index (κ3) is 2.89. The minimum absolute atomic E-state index is 0.107. The predicted molar refractivity (Wildman–Crippen MR) is 73.4 cm³/mol. The summed E-state index contributed by atoms with van der Waals surface area (Å²) < 4.78 is 2.84. The Morgan fingerprint density at radius 2 is 2.18 bits per heavy atom. The molecule has 0 unspecified atom stereocenters. The number of halogens is 1. The van der Waals surface area contributed by atoms with Crippen LogP contribution in [0.3, 0.4) is 0 Å². The molecule has 0 fully saturated rings. The highest BCUT2D eigenvalue weighted by Gasteiger charge is 2.08. The minimum atomic E-state index is 0.107. The van der Waals surface area contributed by atoms with Gasteiger partial charge in [0.05, 0.1) is 30.9 Å². The molecule has 0 bridgehead atoms. The lowest BCUT2D eigenvalue weighted by Gasteiger charge is -2.07. The summed E-state index contributed by atoms with van der Waals surface area (Å²) in [6, 6.07) is 5.61. The van der Waals surface area contributed by atoms with E-state index < -0.39 is 0 Å². The number of nitrogens with zero attached hydrogens (tertiary/aromatic N) is 1. The average molecular weight is 272 g/mol. The zero-order valence-electron chi connectivity index (χ0n) is 10.00. The number of quaternary nitrogens is 1. The van der Waals surface area contributed by atoms with Gasteiger partial charge >= 0.3 is 4.87 Å². The van der Waals surface area contributed by atoms with E-state index in [-0.39, 0.29) is 4.87 Å². The van der Waals surface area contributed by atoms with Crippen LogP contribution in [-0.2, 0) is 6.54 Å². The van der Waals surface area contributed by atoms with Crippen LogP contribution in [-0.4, -0.2) is 25.2 Å². The zero-order chi connectivity index (χ0) is 12.4. The lowest BCUT2D eigenvalue weighted by Crippen LogP contribution is -3.05. The standard InChI is InChI=1S/C12H15ClN2OS/c1-14(2)6-3-7-15-10-8-9(13)4-5-11(10)17-12(15)16/h4-5,8H,3,6-7H2,1-2H3/p+1. The van der Waals surface area contributed by atoms with Crippen LogP contribution in [0.25, 0.3) is 10.2 Å². The summed E-state index contributed by atoms with van der Waals surface area (Å²) in [6.07, 6.45) is 1.00. The van der Waals surface area contributed by atoms with Crippen molar-refractivity contribution in [3.8, 4) is 0 Å². The van der Waals surface area contributed by atoms with E-state index in [4.69, 9.17) is 11.6 Å². The molecule has 5 heteroatoms. The van der Waals surface area contributed by atoms with Crippen molar-refractivity contribution in [1.29, 1.82) is 0 Å². The molecule has 1 N–H and O–H groups in total. The van der Waals surface area contributed by atoms with Gasteiger partial charge in [-0.15, -0.1) is 0 Å². The Morgan fingerprint density at radius 3 is 2.88 bits per heavy atom. The van der Waals surface area contributed by atoms with Gasteiger partial charge in [0.1, 0.15) is 0 Å². The molecule has 0 aliphatic carbocycles. The van der Waals surface area contributed by atoms with E-state index in [1.54, 1.807) is 0 Å². The number of rotatable bonds is 4. The number of aryl methyl sites for hydroxylation is 1. The molecule has 17 heavy (non-hydrogen) atoms.